The van der Waals surface area contributed by atoms with E-state index >= 15 is 0 Å². The Morgan fingerprint density at radius 2 is 2.13 bits per heavy atom. The van der Waals surface area contributed by atoms with Gasteiger partial charge in [0.15, 0.2) is 0 Å². The second-order valence-electron chi connectivity index (χ2n) is 3.61. The molecule has 0 spiro atoms. The van der Waals surface area contributed by atoms with Crippen LogP contribution in [-0.2, 0) is 0 Å². The molecule has 0 fully saturated rings. The van der Waals surface area contributed by atoms with E-state index in [4.69, 9.17) is 16.0 Å². The van der Waals surface area contributed by atoms with E-state index in [0.29, 0.717) is 6.42 Å². The second kappa shape index (κ2) is 7.78. The summed E-state index contributed by atoms with van der Waals surface area (Å²) in [5.74, 6) is 0.215. The monoisotopic (exact) mass is 235 g/mol. The highest BCUT2D eigenvalue weighted by atomic mass is 32.2. The Hall–Kier alpha value is -0.460. The molecular weight excluding hydrogens is 214 g/mol. The van der Waals surface area contributed by atoms with Crippen LogP contribution in [0.3, 0.4) is 0 Å². The molecular formula is C9H21N3O2S. The summed E-state index contributed by atoms with van der Waals surface area (Å²) in [4.78, 5) is 0. The van der Waals surface area contributed by atoms with E-state index in [1.54, 1.807) is 11.8 Å². The van der Waals surface area contributed by atoms with Crippen molar-refractivity contribution in [3.63, 3.8) is 0 Å². The normalized spacial score (nSPS) is 18.5. The van der Waals surface area contributed by atoms with Crippen molar-refractivity contribution >= 4 is 17.6 Å². The Balaban J connectivity index is 3.99. The molecule has 90 valence electrons. The number of aliphatic hydroxyl groups is 1. The molecule has 5 N–H and O–H groups in total. The van der Waals surface area contributed by atoms with Crippen molar-refractivity contribution in [1.82, 2.24) is 5.32 Å². The average molecular weight is 235 g/mol. The molecule has 0 heterocycles. The van der Waals surface area contributed by atoms with Crippen molar-refractivity contribution in [3.05, 3.63) is 0 Å². The Morgan fingerprint density at radius 1 is 1.53 bits per heavy atom. The van der Waals surface area contributed by atoms with Crippen molar-refractivity contribution < 1.29 is 10.3 Å². The van der Waals surface area contributed by atoms with Crippen molar-refractivity contribution in [2.24, 2.45) is 10.9 Å². The predicted octanol–water partition coefficient (Wildman–Crippen LogP) is 0.213. The Morgan fingerprint density at radius 3 is 2.53 bits per heavy atom. The molecule has 0 rings (SSSR count). The SMILES string of the molecule is CSC(CO)C(C)NC(C)CC(N)=NO. The van der Waals surface area contributed by atoms with Crippen molar-refractivity contribution in [1.29, 1.82) is 0 Å². The molecule has 0 saturated heterocycles. The number of nitrogens with one attached hydrogen (secondary N) is 1. The van der Waals surface area contributed by atoms with Crippen molar-refractivity contribution in [2.75, 3.05) is 12.9 Å². The minimum atomic E-state index is 0.122. The number of hydrogen-bond acceptors (Lipinski definition) is 5. The number of aliphatic hydroxyl groups excluding tert-OH is 1. The van der Waals surface area contributed by atoms with E-state index in [1.165, 1.54) is 0 Å². The van der Waals surface area contributed by atoms with Crippen LogP contribution in [0, 0.1) is 0 Å². The van der Waals surface area contributed by atoms with Crippen LogP contribution in [0.5, 0.6) is 0 Å². The van der Waals surface area contributed by atoms with Gasteiger partial charge < -0.3 is 21.4 Å². The Labute approximate surface area is 95.1 Å². The van der Waals surface area contributed by atoms with Crippen LogP contribution in [0.2, 0.25) is 0 Å². The van der Waals surface area contributed by atoms with E-state index in [-0.39, 0.29) is 29.8 Å². The van der Waals surface area contributed by atoms with E-state index < -0.39 is 0 Å². The number of oxime groups is 1. The van der Waals surface area contributed by atoms with Crippen LogP contribution in [0.1, 0.15) is 20.3 Å². The summed E-state index contributed by atoms with van der Waals surface area (Å²) in [6.45, 7) is 4.12. The molecule has 5 nitrogen and oxygen atoms in total. The fourth-order valence-electron chi connectivity index (χ4n) is 1.41. The summed E-state index contributed by atoms with van der Waals surface area (Å²) in [7, 11) is 0. The fourth-order valence-corrected chi connectivity index (χ4v) is 2.04. The largest absolute Gasteiger partial charge is 0.409 e. The van der Waals surface area contributed by atoms with Crippen LogP contribution in [0.4, 0.5) is 0 Å². The van der Waals surface area contributed by atoms with Gasteiger partial charge in [0.05, 0.1) is 6.61 Å². The van der Waals surface area contributed by atoms with Crippen LogP contribution in [0.25, 0.3) is 0 Å². The number of hydrogen-bond donors (Lipinski definition) is 4. The molecule has 0 aliphatic carbocycles. The summed E-state index contributed by atoms with van der Waals surface area (Å²) in [5.41, 5.74) is 5.40. The minimum absolute atomic E-state index is 0.122. The van der Waals surface area contributed by atoms with Gasteiger partial charge in [-0.15, -0.1) is 0 Å². The Bertz CT molecular complexity index is 198. The molecule has 0 radical (unpaired) electrons. The van der Waals surface area contributed by atoms with E-state index in [1.807, 2.05) is 20.1 Å². The zero-order valence-electron chi connectivity index (χ0n) is 9.47. The molecule has 15 heavy (non-hydrogen) atoms. The molecule has 0 aromatic rings. The quantitative estimate of drug-likeness (QED) is 0.219. The minimum Gasteiger partial charge on any atom is -0.409 e. The lowest BCUT2D eigenvalue weighted by atomic mass is 10.1. The number of rotatable bonds is 7. The predicted molar refractivity (Wildman–Crippen MR) is 64.5 cm³/mol. The first-order valence-electron chi connectivity index (χ1n) is 4.91. The number of nitrogens with zero attached hydrogens (tertiary/aromatic N) is 1. The first kappa shape index (κ1) is 14.5. The summed E-state index contributed by atoms with van der Waals surface area (Å²) in [5, 5.41) is 23.9. The topological polar surface area (TPSA) is 90.9 Å². The van der Waals surface area contributed by atoms with Gasteiger partial charge in [-0.3, -0.25) is 0 Å². The van der Waals surface area contributed by atoms with Crippen molar-refractivity contribution in [3.8, 4) is 0 Å². The van der Waals surface area contributed by atoms with Crippen LogP contribution < -0.4 is 11.1 Å². The smallest absolute Gasteiger partial charge is 0.140 e. The number of amidine groups is 1. The summed E-state index contributed by atoms with van der Waals surface area (Å²) >= 11 is 1.62. The van der Waals surface area contributed by atoms with E-state index in [9.17, 15) is 0 Å². The van der Waals surface area contributed by atoms with Gasteiger partial charge in [-0.25, -0.2) is 0 Å². The molecule has 0 aliphatic rings. The lowest BCUT2D eigenvalue weighted by Crippen LogP contribution is -2.43. The third-order valence-electron chi connectivity index (χ3n) is 2.23. The average Bonchev–Trinajstić information content (AvgIpc) is 2.19. The zero-order chi connectivity index (χ0) is 11.8. The fraction of sp³-hybridized carbons (Fsp3) is 0.889. The molecule has 3 atom stereocenters. The molecule has 0 amide bonds. The van der Waals surface area contributed by atoms with Gasteiger partial charge in [-0.1, -0.05) is 5.16 Å². The molecule has 3 unspecified atom stereocenters. The summed E-state index contributed by atoms with van der Waals surface area (Å²) in [6.07, 6.45) is 2.46. The third kappa shape index (κ3) is 5.86. The number of thioether (sulfide) groups is 1. The third-order valence-corrected chi connectivity index (χ3v) is 3.39. The van der Waals surface area contributed by atoms with Crippen molar-refractivity contribution in [2.45, 2.75) is 37.6 Å². The molecule has 0 aromatic heterocycles. The van der Waals surface area contributed by atoms with Crippen LogP contribution in [0.15, 0.2) is 5.16 Å². The van der Waals surface area contributed by atoms with Gasteiger partial charge in [0.1, 0.15) is 5.84 Å². The molecule has 6 heteroatoms. The zero-order valence-corrected chi connectivity index (χ0v) is 10.3. The second-order valence-corrected chi connectivity index (χ2v) is 4.69. The van der Waals surface area contributed by atoms with Gasteiger partial charge in [-0.05, 0) is 20.1 Å². The van der Waals surface area contributed by atoms with E-state index in [0.717, 1.165) is 0 Å². The first-order chi connectivity index (χ1) is 7.04. The maximum atomic E-state index is 9.09. The van der Waals surface area contributed by atoms with Gasteiger partial charge in [-0.2, -0.15) is 11.8 Å². The van der Waals surface area contributed by atoms with Gasteiger partial charge in [0.25, 0.3) is 0 Å². The molecule has 0 aromatic carbocycles. The maximum absolute atomic E-state index is 9.09. The molecule has 0 aliphatic heterocycles. The lowest BCUT2D eigenvalue weighted by Gasteiger charge is -2.25. The maximum Gasteiger partial charge on any atom is 0.140 e. The van der Waals surface area contributed by atoms with E-state index in [2.05, 4.69) is 10.5 Å². The summed E-state index contributed by atoms with van der Waals surface area (Å²) < 4.78 is 0. The Kier molecular flexibility index (Phi) is 7.54. The highest BCUT2D eigenvalue weighted by molar-refractivity contribution is 7.99. The first-order valence-corrected chi connectivity index (χ1v) is 6.20. The lowest BCUT2D eigenvalue weighted by molar-refractivity contribution is 0.271. The highest BCUT2D eigenvalue weighted by Crippen LogP contribution is 2.11. The van der Waals surface area contributed by atoms with Gasteiger partial charge >= 0.3 is 0 Å². The molecule has 0 bridgehead atoms. The van der Waals surface area contributed by atoms with Crippen LogP contribution in [-0.4, -0.2) is 46.3 Å². The number of nitrogens with two attached hydrogens (primary N) is 1. The van der Waals surface area contributed by atoms with Gasteiger partial charge in [0.2, 0.25) is 0 Å². The molecule has 0 saturated carbocycles. The highest BCUT2D eigenvalue weighted by Gasteiger charge is 2.17. The standard InChI is InChI=1S/C9H21N3O2S/c1-6(4-9(10)12-14)11-7(2)8(5-13)15-3/h6-8,11,13-14H,4-5H2,1-3H3,(H2,10,12). The summed E-state index contributed by atoms with van der Waals surface area (Å²) in [6, 6.07) is 0.309. The van der Waals surface area contributed by atoms with Gasteiger partial charge in [0, 0.05) is 23.8 Å². The van der Waals surface area contributed by atoms with Crippen LogP contribution >= 0.6 is 11.8 Å².